The van der Waals surface area contributed by atoms with Crippen molar-refractivity contribution in [1.29, 1.82) is 0 Å². The van der Waals surface area contributed by atoms with Crippen LogP contribution in [0.5, 0.6) is 0 Å². The van der Waals surface area contributed by atoms with Crippen LogP contribution in [-0.4, -0.2) is 40.5 Å². The lowest BCUT2D eigenvalue weighted by Gasteiger charge is -2.16. The number of carbonyl (C=O) groups is 1. The van der Waals surface area contributed by atoms with Gasteiger partial charge in [0.15, 0.2) is 5.82 Å². The predicted molar refractivity (Wildman–Crippen MR) is 74.0 cm³/mol. The van der Waals surface area contributed by atoms with Crippen LogP contribution in [0.1, 0.15) is 46.3 Å². The highest BCUT2D eigenvalue weighted by molar-refractivity contribution is 5.84. The highest BCUT2D eigenvalue weighted by Gasteiger charge is 2.23. The van der Waals surface area contributed by atoms with Gasteiger partial charge in [0.25, 0.3) is 0 Å². The van der Waals surface area contributed by atoms with Crippen LogP contribution in [0.25, 0.3) is 0 Å². The molecule has 0 aliphatic heterocycles. The first-order chi connectivity index (χ1) is 8.86. The van der Waals surface area contributed by atoms with E-state index in [0.29, 0.717) is 11.7 Å². The summed E-state index contributed by atoms with van der Waals surface area (Å²) in [7, 11) is 0. The lowest BCUT2D eigenvalue weighted by atomic mass is 9.89. The molecule has 0 spiro atoms. The molecule has 0 saturated carbocycles. The van der Waals surface area contributed by atoms with Crippen molar-refractivity contribution in [2.24, 2.45) is 5.41 Å². The van der Waals surface area contributed by atoms with E-state index < -0.39 is 0 Å². The highest BCUT2D eigenvalue weighted by Crippen LogP contribution is 2.17. The Morgan fingerprint density at radius 2 is 1.89 bits per heavy atom. The number of ketones is 1. The van der Waals surface area contributed by atoms with Crippen LogP contribution in [0.2, 0.25) is 0 Å². The van der Waals surface area contributed by atoms with Gasteiger partial charge in [-0.25, -0.2) is 0 Å². The quantitative estimate of drug-likeness (QED) is 0.757. The second-order valence-corrected chi connectivity index (χ2v) is 5.73. The molecule has 0 bridgehead atoms. The molecule has 1 aromatic heterocycles. The molecular weight excluding hydrogens is 242 g/mol. The maximum atomic E-state index is 11.9. The number of hydrogen-bond acceptors (Lipinski definition) is 5. The Morgan fingerprint density at radius 1 is 1.26 bits per heavy atom. The summed E-state index contributed by atoms with van der Waals surface area (Å²) in [6, 6.07) is 0. The van der Waals surface area contributed by atoms with Gasteiger partial charge in [0, 0.05) is 18.4 Å². The predicted octanol–water partition coefficient (Wildman–Crippen LogP) is 2.11. The van der Waals surface area contributed by atoms with Gasteiger partial charge in [-0.2, -0.15) is 4.98 Å². The SMILES string of the molecule is CCN(CC)CCc1noc(CC(=O)C(C)(C)C)n1. The van der Waals surface area contributed by atoms with Crippen molar-refractivity contribution in [2.45, 2.75) is 47.5 Å². The number of rotatable bonds is 7. The Kier molecular flexibility index (Phi) is 5.66. The van der Waals surface area contributed by atoms with Crippen molar-refractivity contribution >= 4 is 5.78 Å². The van der Waals surface area contributed by atoms with Gasteiger partial charge < -0.3 is 9.42 Å². The first-order valence-corrected chi connectivity index (χ1v) is 6.94. The number of hydrogen-bond donors (Lipinski definition) is 0. The summed E-state index contributed by atoms with van der Waals surface area (Å²) >= 11 is 0. The van der Waals surface area contributed by atoms with Gasteiger partial charge in [-0.15, -0.1) is 0 Å². The maximum absolute atomic E-state index is 11.9. The molecule has 0 unspecified atom stereocenters. The minimum absolute atomic E-state index is 0.117. The topological polar surface area (TPSA) is 59.2 Å². The fourth-order valence-electron chi connectivity index (χ4n) is 1.66. The Bertz CT molecular complexity index is 403. The third-order valence-electron chi connectivity index (χ3n) is 3.20. The standard InChI is InChI=1S/C14H25N3O2/c1-6-17(7-2)9-8-12-15-13(19-16-12)10-11(18)14(3,4)5/h6-10H2,1-5H3. The molecule has 1 rings (SSSR count). The Labute approximate surface area is 115 Å². The molecule has 0 aliphatic carbocycles. The molecule has 1 aromatic rings. The van der Waals surface area contributed by atoms with Crippen molar-refractivity contribution in [1.82, 2.24) is 15.0 Å². The fourth-order valence-corrected chi connectivity index (χ4v) is 1.66. The van der Waals surface area contributed by atoms with Crippen molar-refractivity contribution in [3.63, 3.8) is 0 Å². The molecule has 5 nitrogen and oxygen atoms in total. The number of likely N-dealkylation sites (N-methyl/N-ethyl adjacent to an activating group) is 1. The van der Waals surface area contributed by atoms with Gasteiger partial charge in [-0.1, -0.05) is 39.8 Å². The van der Waals surface area contributed by atoms with Crippen LogP contribution in [0.3, 0.4) is 0 Å². The summed E-state index contributed by atoms with van der Waals surface area (Å²) < 4.78 is 5.13. The van der Waals surface area contributed by atoms with Crippen molar-refractivity contribution in [3.05, 3.63) is 11.7 Å². The average Bonchev–Trinajstić information content (AvgIpc) is 2.77. The summed E-state index contributed by atoms with van der Waals surface area (Å²) in [4.78, 5) is 18.4. The van der Waals surface area contributed by atoms with E-state index >= 15 is 0 Å². The number of nitrogens with zero attached hydrogens (tertiary/aromatic N) is 3. The van der Waals surface area contributed by atoms with E-state index in [-0.39, 0.29) is 17.6 Å². The average molecular weight is 267 g/mol. The molecule has 0 saturated heterocycles. The molecule has 0 atom stereocenters. The smallest absolute Gasteiger partial charge is 0.234 e. The van der Waals surface area contributed by atoms with E-state index in [0.717, 1.165) is 26.1 Å². The molecule has 0 radical (unpaired) electrons. The second-order valence-electron chi connectivity index (χ2n) is 5.73. The van der Waals surface area contributed by atoms with Crippen LogP contribution in [0.15, 0.2) is 4.52 Å². The van der Waals surface area contributed by atoms with Gasteiger partial charge in [-0.3, -0.25) is 4.79 Å². The van der Waals surface area contributed by atoms with Crippen molar-refractivity contribution < 1.29 is 9.32 Å². The van der Waals surface area contributed by atoms with Crippen LogP contribution in [0, 0.1) is 5.41 Å². The van der Waals surface area contributed by atoms with Gasteiger partial charge in [0.05, 0.1) is 6.42 Å². The molecule has 108 valence electrons. The number of aromatic nitrogens is 2. The van der Waals surface area contributed by atoms with E-state index in [4.69, 9.17) is 4.52 Å². The normalized spacial score (nSPS) is 12.1. The fraction of sp³-hybridized carbons (Fsp3) is 0.786. The van der Waals surface area contributed by atoms with Crippen LogP contribution in [0.4, 0.5) is 0 Å². The van der Waals surface area contributed by atoms with E-state index in [1.54, 1.807) is 0 Å². The van der Waals surface area contributed by atoms with E-state index in [1.165, 1.54) is 0 Å². The summed E-state index contributed by atoms with van der Waals surface area (Å²) in [6.45, 7) is 12.9. The zero-order chi connectivity index (χ0) is 14.5. The summed E-state index contributed by atoms with van der Waals surface area (Å²) in [5.74, 6) is 1.23. The molecule has 0 aliphatic rings. The molecule has 19 heavy (non-hydrogen) atoms. The minimum Gasteiger partial charge on any atom is -0.339 e. The second kappa shape index (κ2) is 6.80. The van der Waals surface area contributed by atoms with Crippen LogP contribution in [-0.2, 0) is 17.6 Å². The first kappa shape index (κ1) is 15.8. The summed E-state index contributed by atoms with van der Waals surface area (Å²) in [5, 5.41) is 3.93. The third kappa shape index (κ3) is 5.11. The summed E-state index contributed by atoms with van der Waals surface area (Å²) in [6.07, 6.45) is 0.983. The van der Waals surface area contributed by atoms with E-state index in [9.17, 15) is 4.79 Å². The van der Waals surface area contributed by atoms with Crippen LogP contribution >= 0.6 is 0 Å². The summed E-state index contributed by atoms with van der Waals surface area (Å²) in [5.41, 5.74) is -0.365. The van der Waals surface area contributed by atoms with Gasteiger partial charge in [-0.05, 0) is 13.1 Å². The first-order valence-electron chi connectivity index (χ1n) is 6.94. The zero-order valence-corrected chi connectivity index (χ0v) is 12.7. The largest absolute Gasteiger partial charge is 0.339 e. The molecule has 0 aromatic carbocycles. The lowest BCUT2D eigenvalue weighted by molar-refractivity contribution is -0.125. The zero-order valence-electron chi connectivity index (χ0n) is 12.7. The Hall–Kier alpha value is -1.23. The van der Waals surface area contributed by atoms with Gasteiger partial charge in [0.1, 0.15) is 5.78 Å². The minimum atomic E-state index is -0.365. The van der Waals surface area contributed by atoms with E-state index in [2.05, 4.69) is 28.9 Å². The van der Waals surface area contributed by atoms with Crippen molar-refractivity contribution in [2.75, 3.05) is 19.6 Å². The van der Waals surface area contributed by atoms with Gasteiger partial charge in [0.2, 0.25) is 5.89 Å². The Balaban J connectivity index is 2.51. The molecule has 5 heteroatoms. The Morgan fingerprint density at radius 3 is 2.42 bits per heavy atom. The number of carbonyl (C=O) groups excluding carboxylic acids is 1. The third-order valence-corrected chi connectivity index (χ3v) is 3.20. The van der Waals surface area contributed by atoms with Gasteiger partial charge >= 0.3 is 0 Å². The molecule has 0 amide bonds. The van der Waals surface area contributed by atoms with E-state index in [1.807, 2.05) is 20.8 Å². The van der Waals surface area contributed by atoms with Crippen LogP contribution < -0.4 is 0 Å². The van der Waals surface area contributed by atoms with Crippen molar-refractivity contribution in [3.8, 4) is 0 Å². The molecular formula is C14H25N3O2. The maximum Gasteiger partial charge on any atom is 0.234 e. The molecule has 1 heterocycles. The monoisotopic (exact) mass is 267 g/mol. The highest BCUT2D eigenvalue weighted by atomic mass is 16.5. The lowest BCUT2D eigenvalue weighted by Crippen LogP contribution is -2.25. The number of Topliss-reactive ketones (excluding diaryl/α,β-unsaturated/α-hetero) is 1. The molecule has 0 N–H and O–H groups in total. The molecule has 0 fully saturated rings.